The van der Waals surface area contributed by atoms with Gasteiger partial charge in [0.2, 0.25) is 0 Å². The predicted octanol–water partition coefficient (Wildman–Crippen LogP) is 5.77. The van der Waals surface area contributed by atoms with E-state index in [9.17, 15) is 4.79 Å². The summed E-state index contributed by atoms with van der Waals surface area (Å²) in [6, 6.07) is 6.16. The lowest BCUT2D eigenvalue weighted by molar-refractivity contribution is 0.0862. The van der Waals surface area contributed by atoms with Gasteiger partial charge in [0.1, 0.15) is 5.75 Å². The van der Waals surface area contributed by atoms with Crippen LogP contribution in [0.3, 0.4) is 0 Å². The predicted molar refractivity (Wildman–Crippen MR) is 118 cm³/mol. The molecule has 1 aliphatic carbocycles. The zero-order valence-corrected chi connectivity index (χ0v) is 17.9. The van der Waals surface area contributed by atoms with Crippen molar-refractivity contribution < 1.29 is 4.74 Å². The second kappa shape index (κ2) is 10.3. The van der Waals surface area contributed by atoms with Crippen molar-refractivity contribution in [1.29, 1.82) is 0 Å². The summed E-state index contributed by atoms with van der Waals surface area (Å²) < 4.78 is 6.26. The summed E-state index contributed by atoms with van der Waals surface area (Å²) in [6.07, 6.45) is 11.4. The number of unbranched alkanes of at least 4 members (excludes halogenated alkanes) is 2. The quantitative estimate of drug-likeness (QED) is 0.576. The van der Waals surface area contributed by atoms with Crippen LogP contribution in [0.1, 0.15) is 65.2 Å². The molecule has 1 heterocycles. The van der Waals surface area contributed by atoms with Crippen molar-refractivity contribution in [2.45, 2.75) is 77.4 Å². The van der Waals surface area contributed by atoms with Crippen molar-refractivity contribution in [3.8, 4) is 5.75 Å². The molecule has 1 aromatic carbocycles. The van der Waals surface area contributed by atoms with Crippen LogP contribution in [-0.2, 0) is 0 Å². The van der Waals surface area contributed by atoms with Gasteiger partial charge in [-0.1, -0.05) is 38.3 Å². The fraction of sp³-hybridized carbons (Fsp3) is 0.609. The molecule has 0 aliphatic heterocycles. The van der Waals surface area contributed by atoms with Gasteiger partial charge < -0.3 is 14.6 Å². The third-order valence-corrected chi connectivity index (χ3v) is 6.29. The van der Waals surface area contributed by atoms with Crippen molar-refractivity contribution in [3.63, 3.8) is 0 Å². The molecule has 0 bridgehead atoms. The molecule has 2 aromatic rings. The first-order valence-electron chi connectivity index (χ1n) is 10.8. The van der Waals surface area contributed by atoms with Gasteiger partial charge in [-0.05, 0) is 69.8 Å². The minimum atomic E-state index is -0.120. The minimum absolute atomic E-state index is 0.120. The fourth-order valence-electron chi connectivity index (χ4n) is 4.21. The second-order valence-corrected chi connectivity index (χ2v) is 8.32. The van der Waals surface area contributed by atoms with Gasteiger partial charge in [0.15, 0.2) is 0 Å². The van der Waals surface area contributed by atoms with Crippen LogP contribution in [0, 0.1) is 0 Å². The highest BCUT2D eigenvalue weighted by Gasteiger charge is 2.27. The molecule has 0 amide bonds. The van der Waals surface area contributed by atoms with Crippen LogP contribution in [0.5, 0.6) is 5.75 Å². The molecule has 1 saturated carbocycles. The Hall–Kier alpha value is -1.52. The van der Waals surface area contributed by atoms with Gasteiger partial charge in [0.25, 0.3) is 5.56 Å². The molecule has 0 atom stereocenters. The molecule has 1 aliphatic rings. The molecular weight excluding hydrogens is 372 g/mol. The van der Waals surface area contributed by atoms with Gasteiger partial charge in [0.05, 0.1) is 11.1 Å². The van der Waals surface area contributed by atoms with Crippen LogP contribution in [0.25, 0.3) is 10.8 Å². The van der Waals surface area contributed by atoms with Gasteiger partial charge in [-0.3, -0.25) is 4.79 Å². The summed E-state index contributed by atoms with van der Waals surface area (Å²) in [4.78, 5) is 17.3. The fourth-order valence-corrected chi connectivity index (χ4v) is 4.48. The standard InChI is InChI=1S/C23H33ClN2O2/c1-3-5-15-26(16-6-4-2)17-7-9-18(10-8-17)28-21-12-11-20-19(22(21)24)13-14-25-23(20)27/h11-14,17-18H,3-10,15-16H2,1-2H3,(H,25,27). The highest BCUT2D eigenvalue weighted by molar-refractivity contribution is 6.37. The van der Waals surface area contributed by atoms with E-state index in [1.165, 1.54) is 51.6 Å². The number of nitrogens with one attached hydrogen (secondary N) is 1. The average molecular weight is 405 g/mol. The normalized spacial score (nSPS) is 20.0. The molecule has 3 rings (SSSR count). The Bertz CT molecular complexity index is 804. The maximum Gasteiger partial charge on any atom is 0.255 e. The Morgan fingerprint density at radius 2 is 1.71 bits per heavy atom. The van der Waals surface area contributed by atoms with Crippen molar-refractivity contribution >= 4 is 22.4 Å². The van der Waals surface area contributed by atoms with Crippen LogP contribution in [0.2, 0.25) is 5.02 Å². The van der Waals surface area contributed by atoms with Crippen LogP contribution < -0.4 is 10.3 Å². The number of fused-ring (bicyclic) bond motifs is 1. The second-order valence-electron chi connectivity index (χ2n) is 7.94. The molecule has 0 radical (unpaired) electrons. The van der Waals surface area contributed by atoms with E-state index in [1.807, 2.05) is 12.1 Å². The number of benzene rings is 1. The Labute approximate surface area is 173 Å². The number of nitrogens with zero attached hydrogens (tertiary/aromatic N) is 1. The number of aromatic nitrogens is 1. The van der Waals surface area contributed by atoms with Gasteiger partial charge in [-0.15, -0.1) is 0 Å². The van der Waals surface area contributed by atoms with E-state index in [2.05, 4.69) is 23.7 Å². The van der Waals surface area contributed by atoms with Crippen molar-refractivity contribution in [2.75, 3.05) is 13.1 Å². The van der Waals surface area contributed by atoms with E-state index in [0.29, 0.717) is 22.2 Å². The van der Waals surface area contributed by atoms with Gasteiger partial charge in [-0.2, -0.15) is 0 Å². The number of ether oxygens (including phenoxy) is 1. The molecule has 1 fully saturated rings. The molecule has 154 valence electrons. The van der Waals surface area contributed by atoms with Crippen molar-refractivity contribution in [3.05, 3.63) is 39.8 Å². The SMILES string of the molecule is CCCCN(CCCC)C1CCC(Oc2ccc3c(=O)[nH]ccc3c2Cl)CC1. The third kappa shape index (κ3) is 5.09. The first kappa shape index (κ1) is 21.2. The highest BCUT2D eigenvalue weighted by Crippen LogP contribution is 2.34. The van der Waals surface area contributed by atoms with Crippen molar-refractivity contribution in [1.82, 2.24) is 9.88 Å². The molecule has 1 N–H and O–H groups in total. The molecule has 1 aromatic heterocycles. The Morgan fingerprint density at radius 3 is 2.36 bits per heavy atom. The summed E-state index contributed by atoms with van der Waals surface area (Å²) >= 11 is 6.54. The average Bonchev–Trinajstić information content (AvgIpc) is 2.71. The van der Waals surface area contributed by atoms with Gasteiger partial charge in [-0.25, -0.2) is 0 Å². The van der Waals surface area contributed by atoms with Crippen LogP contribution in [-0.4, -0.2) is 35.1 Å². The monoisotopic (exact) mass is 404 g/mol. The molecule has 0 saturated heterocycles. The van der Waals surface area contributed by atoms with Crippen molar-refractivity contribution in [2.24, 2.45) is 0 Å². The Kier molecular flexibility index (Phi) is 7.81. The van der Waals surface area contributed by atoms with E-state index < -0.39 is 0 Å². The van der Waals surface area contributed by atoms with Crippen LogP contribution in [0.15, 0.2) is 29.2 Å². The minimum Gasteiger partial charge on any atom is -0.489 e. The molecular formula is C23H33ClN2O2. The van der Waals surface area contributed by atoms with E-state index in [0.717, 1.165) is 18.2 Å². The summed E-state index contributed by atoms with van der Waals surface area (Å²) in [6.45, 7) is 6.98. The molecule has 5 heteroatoms. The van der Waals surface area contributed by atoms with Gasteiger partial charge in [0, 0.05) is 23.0 Å². The van der Waals surface area contributed by atoms with Crippen LogP contribution >= 0.6 is 11.6 Å². The number of aromatic amines is 1. The third-order valence-electron chi connectivity index (χ3n) is 5.90. The largest absolute Gasteiger partial charge is 0.489 e. The smallest absolute Gasteiger partial charge is 0.255 e. The summed E-state index contributed by atoms with van der Waals surface area (Å²) in [7, 11) is 0. The molecule has 28 heavy (non-hydrogen) atoms. The number of rotatable bonds is 9. The van der Waals surface area contributed by atoms with E-state index in [-0.39, 0.29) is 11.7 Å². The van der Waals surface area contributed by atoms with Gasteiger partial charge >= 0.3 is 0 Å². The summed E-state index contributed by atoms with van der Waals surface area (Å²) in [5, 5.41) is 1.89. The first-order valence-corrected chi connectivity index (χ1v) is 11.2. The molecule has 0 spiro atoms. The Morgan fingerprint density at radius 1 is 1.04 bits per heavy atom. The van der Waals surface area contributed by atoms with E-state index in [4.69, 9.17) is 16.3 Å². The lowest BCUT2D eigenvalue weighted by Crippen LogP contribution is -2.41. The lowest BCUT2D eigenvalue weighted by atomic mass is 9.91. The summed E-state index contributed by atoms with van der Waals surface area (Å²) in [5.74, 6) is 0.692. The Balaban J connectivity index is 1.61. The van der Waals surface area contributed by atoms with E-state index >= 15 is 0 Å². The maximum absolute atomic E-state index is 11.9. The zero-order valence-electron chi connectivity index (χ0n) is 17.2. The number of pyridine rings is 1. The molecule has 0 unspecified atom stereocenters. The highest BCUT2D eigenvalue weighted by atomic mass is 35.5. The first-order chi connectivity index (χ1) is 13.6. The van der Waals surface area contributed by atoms with Crippen LogP contribution in [0.4, 0.5) is 0 Å². The number of hydrogen-bond donors (Lipinski definition) is 1. The zero-order chi connectivity index (χ0) is 19.9. The molecule has 4 nitrogen and oxygen atoms in total. The lowest BCUT2D eigenvalue weighted by Gasteiger charge is -2.37. The number of hydrogen-bond acceptors (Lipinski definition) is 3. The maximum atomic E-state index is 11.9. The topological polar surface area (TPSA) is 45.3 Å². The number of halogens is 1. The van der Waals surface area contributed by atoms with E-state index in [1.54, 1.807) is 12.3 Å². The summed E-state index contributed by atoms with van der Waals surface area (Å²) in [5.41, 5.74) is -0.120. The number of H-pyrrole nitrogens is 1.